The maximum Gasteiger partial charge on any atom is 0.120 e. The highest BCUT2D eigenvalue weighted by Gasteiger charge is 2.19. The molecule has 20 heavy (non-hydrogen) atoms. The lowest BCUT2D eigenvalue weighted by atomic mass is 10.1. The van der Waals surface area contributed by atoms with Crippen molar-refractivity contribution in [1.29, 1.82) is 0 Å². The molecule has 1 aliphatic rings. The number of nitrogens with two attached hydrogens (primary N) is 1. The van der Waals surface area contributed by atoms with Crippen molar-refractivity contribution in [2.45, 2.75) is 39.3 Å². The van der Waals surface area contributed by atoms with Gasteiger partial charge in [-0.15, -0.1) is 0 Å². The first-order valence-corrected chi connectivity index (χ1v) is 7.21. The SMILES string of the molecule is Cc1ccc(C)c(COc2ccc3c(c2)CCC3N)c1. The normalized spacial score (nSPS) is 17.1. The third kappa shape index (κ3) is 2.56. The van der Waals surface area contributed by atoms with Gasteiger partial charge < -0.3 is 10.5 Å². The predicted octanol–water partition coefficient (Wildman–Crippen LogP) is 3.83. The van der Waals surface area contributed by atoms with E-state index < -0.39 is 0 Å². The second-order valence-electron chi connectivity index (χ2n) is 5.72. The summed E-state index contributed by atoms with van der Waals surface area (Å²) in [6, 6.07) is 13.0. The number of ether oxygens (including phenoxy) is 1. The molecule has 0 saturated carbocycles. The quantitative estimate of drug-likeness (QED) is 0.917. The maximum atomic E-state index is 6.06. The molecule has 0 heterocycles. The van der Waals surface area contributed by atoms with Gasteiger partial charge in [0.2, 0.25) is 0 Å². The summed E-state index contributed by atoms with van der Waals surface area (Å²) in [5.74, 6) is 0.943. The van der Waals surface area contributed by atoms with Gasteiger partial charge in [-0.25, -0.2) is 0 Å². The van der Waals surface area contributed by atoms with Crippen molar-refractivity contribution >= 4 is 0 Å². The Hall–Kier alpha value is -1.80. The average molecular weight is 267 g/mol. The molecule has 0 spiro atoms. The van der Waals surface area contributed by atoms with E-state index in [1.54, 1.807) is 0 Å². The van der Waals surface area contributed by atoms with E-state index >= 15 is 0 Å². The molecule has 2 aromatic rings. The van der Waals surface area contributed by atoms with Crippen LogP contribution in [0.25, 0.3) is 0 Å². The van der Waals surface area contributed by atoms with Crippen LogP contribution in [0.1, 0.15) is 40.3 Å². The maximum absolute atomic E-state index is 6.06. The summed E-state index contributed by atoms with van der Waals surface area (Å²) in [7, 11) is 0. The van der Waals surface area contributed by atoms with E-state index in [1.807, 2.05) is 6.07 Å². The van der Waals surface area contributed by atoms with E-state index in [1.165, 1.54) is 27.8 Å². The number of fused-ring (bicyclic) bond motifs is 1. The third-order valence-corrected chi connectivity index (χ3v) is 4.14. The Labute approximate surface area is 120 Å². The van der Waals surface area contributed by atoms with Crippen LogP contribution < -0.4 is 10.5 Å². The summed E-state index contributed by atoms with van der Waals surface area (Å²) in [5.41, 5.74) is 12.5. The van der Waals surface area contributed by atoms with Crippen LogP contribution in [0.2, 0.25) is 0 Å². The second kappa shape index (κ2) is 5.29. The van der Waals surface area contributed by atoms with Gasteiger partial charge in [-0.1, -0.05) is 29.8 Å². The monoisotopic (exact) mass is 267 g/mol. The zero-order valence-corrected chi connectivity index (χ0v) is 12.1. The van der Waals surface area contributed by atoms with E-state index in [2.05, 4.69) is 44.2 Å². The fourth-order valence-corrected chi connectivity index (χ4v) is 2.83. The Morgan fingerprint density at radius 2 is 2.00 bits per heavy atom. The average Bonchev–Trinajstić information content (AvgIpc) is 2.81. The van der Waals surface area contributed by atoms with Gasteiger partial charge in [0.1, 0.15) is 12.4 Å². The molecule has 1 unspecified atom stereocenters. The largest absolute Gasteiger partial charge is 0.489 e. The minimum absolute atomic E-state index is 0.207. The Morgan fingerprint density at radius 3 is 2.85 bits per heavy atom. The van der Waals surface area contributed by atoms with Gasteiger partial charge in [0.15, 0.2) is 0 Å². The van der Waals surface area contributed by atoms with E-state index in [0.29, 0.717) is 6.61 Å². The van der Waals surface area contributed by atoms with Gasteiger partial charge in [0.25, 0.3) is 0 Å². The van der Waals surface area contributed by atoms with E-state index in [4.69, 9.17) is 10.5 Å². The van der Waals surface area contributed by atoms with Crippen LogP contribution in [0, 0.1) is 13.8 Å². The van der Waals surface area contributed by atoms with Gasteiger partial charge in [-0.2, -0.15) is 0 Å². The second-order valence-corrected chi connectivity index (χ2v) is 5.72. The van der Waals surface area contributed by atoms with Crippen molar-refractivity contribution in [2.24, 2.45) is 5.73 Å². The Morgan fingerprint density at radius 1 is 1.15 bits per heavy atom. The standard InChI is InChI=1S/C18H21NO/c1-12-3-4-13(2)15(9-12)11-20-16-6-7-17-14(10-16)5-8-18(17)19/h3-4,6-7,9-10,18H,5,8,11,19H2,1-2H3. The lowest BCUT2D eigenvalue weighted by Crippen LogP contribution is -2.05. The summed E-state index contributed by atoms with van der Waals surface area (Å²) >= 11 is 0. The van der Waals surface area contributed by atoms with Gasteiger partial charge in [0, 0.05) is 6.04 Å². The molecule has 0 fully saturated rings. The molecular formula is C18H21NO. The first kappa shape index (κ1) is 13.2. The molecule has 104 valence electrons. The molecule has 1 aliphatic carbocycles. The predicted molar refractivity (Wildman–Crippen MR) is 81.9 cm³/mol. The first-order chi connectivity index (χ1) is 9.63. The highest BCUT2D eigenvalue weighted by Crippen LogP contribution is 2.32. The lowest BCUT2D eigenvalue weighted by molar-refractivity contribution is 0.305. The highest BCUT2D eigenvalue weighted by atomic mass is 16.5. The lowest BCUT2D eigenvalue weighted by Gasteiger charge is -2.11. The van der Waals surface area contributed by atoms with E-state index in [0.717, 1.165) is 18.6 Å². The fourth-order valence-electron chi connectivity index (χ4n) is 2.83. The van der Waals surface area contributed by atoms with Crippen LogP contribution in [0.4, 0.5) is 0 Å². The molecule has 0 radical (unpaired) electrons. The summed E-state index contributed by atoms with van der Waals surface area (Å²) < 4.78 is 5.95. The molecular weight excluding hydrogens is 246 g/mol. The van der Waals surface area contributed by atoms with Crippen molar-refractivity contribution in [3.05, 3.63) is 64.2 Å². The van der Waals surface area contributed by atoms with Crippen molar-refractivity contribution < 1.29 is 4.74 Å². The molecule has 0 aromatic heterocycles. The molecule has 0 amide bonds. The van der Waals surface area contributed by atoms with Crippen LogP contribution in [0.3, 0.4) is 0 Å². The van der Waals surface area contributed by atoms with Gasteiger partial charge in [-0.3, -0.25) is 0 Å². The topological polar surface area (TPSA) is 35.2 Å². The Bertz CT molecular complexity index is 633. The number of hydrogen-bond donors (Lipinski definition) is 1. The fraction of sp³-hybridized carbons (Fsp3) is 0.333. The molecule has 0 aliphatic heterocycles. The number of hydrogen-bond acceptors (Lipinski definition) is 2. The highest BCUT2D eigenvalue weighted by molar-refractivity contribution is 5.40. The summed E-state index contributed by atoms with van der Waals surface area (Å²) in [6.45, 7) is 4.86. The van der Waals surface area contributed by atoms with Crippen molar-refractivity contribution in [3.8, 4) is 5.75 Å². The van der Waals surface area contributed by atoms with Crippen LogP contribution in [0.15, 0.2) is 36.4 Å². The van der Waals surface area contributed by atoms with Crippen LogP contribution in [0.5, 0.6) is 5.75 Å². The Kier molecular flexibility index (Phi) is 3.49. The molecule has 3 rings (SSSR count). The van der Waals surface area contributed by atoms with Crippen LogP contribution in [-0.2, 0) is 13.0 Å². The molecule has 0 saturated heterocycles. The third-order valence-electron chi connectivity index (χ3n) is 4.14. The van der Waals surface area contributed by atoms with Crippen LogP contribution in [-0.4, -0.2) is 0 Å². The van der Waals surface area contributed by atoms with E-state index in [-0.39, 0.29) is 6.04 Å². The summed E-state index contributed by atoms with van der Waals surface area (Å²) in [6.07, 6.45) is 2.12. The molecule has 1 atom stereocenters. The van der Waals surface area contributed by atoms with Crippen molar-refractivity contribution in [3.63, 3.8) is 0 Å². The molecule has 0 bridgehead atoms. The van der Waals surface area contributed by atoms with Crippen molar-refractivity contribution in [2.75, 3.05) is 0 Å². The zero-order chi connectivity index (χ0) is 14.1. The number of benzene rings is 2. The minimum atomic E-state index is 0.207. The molecule has 2 heteroatoms. The summed E-state index contributed by atoms with van der Waals surface area (Å²) in [4.78, 5) is 0. The van der Waals surface area contributed by atoms with Crippen molar-refractivity contribution in [1.82, 2.24) is 0 Å². The number of aryl methyl sites for hydroxylation is 3. The summed E-state index contributed by atoms with van der Waals surface area (Å²) in [5, 5.41) is 0. The molecule has 2 N–H and O–H groups in total. The Balaban J connectivity index is 1.74. The minimum Gasteiger partial charge on any atom is -0.489 e. The zero-order valence-electron chi connectivity index (χ0n) is 12.1. The smallest absolute Gasteiger partial charge is 0.120 e. The van der Waals surface area contributed by atoms with Gasteiger partial charge >= 0.3 is 0 Å². The molecule has 2 aromatic carbocycles. The number of rotatable bonds is 3. The molecule has 2 nitrogen and oxygen atoms in total. The van der Waals surface area contributed by atoms with Gasteiger partial charge in [-0.05, 0) is 61.1 Å². The van der Waals surface area contributed by atoms with E-state index in [9.17, 15) is 0 Å². The first-order valence-electron chi connectivity index (χ1n) is 7.21. The van der Waals surface area contributed by atoms with Crippen LogP contribution >= 0.6 is 0 Å². The van der Waals surface area contributed by atoms with Gasteiger partial charge in [0.05, 0.1) is 0 Å².